The first-order chi connectivity index (χ1) is 18.0. The Bertz CT molecular complexity index is 1460. The quantitative estimate of drug-likeness (QED) is 0.253. The Morgan fingerprint density at radius 1 is 1.00 bits per heavy atom. The van der Waals surface area contributed by atoms with E-state index in [1.807, 2.05) is 19.1 Å². The fourth-order valence-electron chi connectivity index (χ4n) is 3.41. The van der Waals surface area contributed by atoms with Gasteiger partial charge >= 0.3 is 0 Å². The molecule has 0 radical (unpaired) electrons. The highest BCUT2D eigenvalue weighted by molar-refractivity contribution is 7.99. The van der Waals surface area contributed by atoms with E-state index in [4.69, 9.17) is 23.2 Å². The number of nitrogens with zero attached hydrogens (tertiary/aromatic N) is 5. The Morgan fingerprint density at radius 3 is 2.37 bits per heavy atom. The molecule has 2 aromatic carbocycles. The monoisotopic (exact) mass is 589 g/mol. The lowest BCUT2D eigenvalue weighted by molar-refractivity contribution is -0.113. The molecule has 0 saturated carbocycles. The van der Waals surface area contributed by atoms with Gasteiger partial charge in [-0.15, -0.1) is 20.4 Å². The predicted molar refractivity (Wildman–Crippen MR) is 152 cm³/mol. The first-order valence-corrected chi connectivity index (χ1v) is 14.1. The fourth-order valence-corrected chi connectivity index (χ4v) is 5.08. The zero-order valence-corrected chi connectivity index (χ0v) is 24.2. The van der Waals surface area contributed by atoms with Crippen LogP contribution in [0.5, 0.6) is 0 Å². The van der Waals surface area contributed by atoms with Crippen LogP contribution >= 0.6 is 46.3 Å². The van der Waals surface area contributed by atoms with E-state index in [1.165, 1.54) is 23.1 Å². The fraction of sp³-hybridized carbons (Fsp3) is 0.280. The van der Waals surface area contributed by atoms with Gasteiger partial charge in [0.05, 0.1) is 28.0 Å². The van der Waals surface area contributed by atoms with Crippen LogP contribution in [0.15, 0.2) is 47.6 Å². The van der Waals surface area contributed by atoms with Crippen LogP contribution in [0, 0.1) is 6.92 Å². The lowest BCUT2D eigenvalue weighted by Crippen LogP contribution is -2.25. The number of carbonyl (C=O) groups is 2. The van der Waals surface area contributed by atoms with Crippen molar-refractivity contribution in [3.63, 3.8) is 0 Å². The SMILES string of the molecule is Cc1nnc(NC(=O)CSc2nnc(CNC(=O)c3ccc(C(C)(C)C)cc3)n2-c2ccc(Cl)c(Cl)c2)s1. The predicted octanol–water partition coefficient (Wildman–Crippen LogP) is 5.69. The van der Waals surface area contributed by atoms with Gasteiger partial charge in [0.1, 0.15) is 5.01 Å². The molecule has 4 aromatic rings. The summed E-state index contributed by atoms with van der Waals surface area (Å²) >= 11 is 14.9. The summed E-state index contributed by atoms with van der Waals surface area (Å²) in [4.78, 5) is 25.3. The van der Waals surface area contributed by atoms with Crippen molar-refractivity contribution in [1.29, 1.82) is 0 Å². The van der Waals surface area contributed by atoms with Crippen LogP contribution in [0.3, 0.4) is 0 Å². The third-order valence-corrected chi connectivity index (χ3v) is 7.81. The van der Waals surface area contributed by atoms with Crippen LogP contribution in [0.1, 0.15) is 47.5 Å². The minimum atomic E-state index is -0.261. The molecule has 38 heavy (non-hydrogen) atoms. The Morgan fingerprint density at radius 2 is 1.74 bits per heavy atom. The van der Waals surface area contributed by atoms with Gasteiger partial charge in [0.25, 0.3) is 5.91 Å². The molecule has 2 heterocycles. The molecule has 0 aliphatic heterocycles. The second-order valence-corrected chi connectivity index (χ2v) is 12.2. The standard InChI is InChI=1S/C25H25Cl2N7O2S2/c1-14-30-32-23(38-14)29-21(35)13-37-24-33-31-20(34(24)17-9-10-18(26)19(27)11-17)12-28-22(36)15-5-7-16(8-6-15)25(2,3)4/h5-11H,12-13H2,1-4H3,(H,28,36)(H,29,32,35). The van der Waals surface area contributed by atoms with Crippen molar-refractivity contribution in [1.82, 2.24) is 30.3 Å². The first-order valence-electron chi connectivity index (χ1n) is 11.5. The molecule has 0 saturated heterocycles. The molecule has 2 aromatic heterocycles. The molecule has 0 spiro atoms. The lowest BCUT2D eigenvalue weighted by atomic mass is 9.87. The van der Waals surface area contributed by atoms with Gasteiger partial charge in [-0.1, -0.05) is 79.2 Å². The zero-order valence-electron chi connectivity index (χ0n) is 21.1. The number of carbonyl (C=O) groups excluding carboxylic acids is 2. The van der Waals surface area contributed by atoms with E-state index in [0.29, 0.717) is 37.4 Å². The zero-order chi connectivity index (χ0) is 27.4. The summed E-state index contributed by atoms with van der Waals surface area (Å²) in [6.45, 7) is 8.27. The first kappa shape index (κ1) is 28.0. The van der Waals surface area contributed by atoms with E-state index in [9.17, 15) is 9.59 Å². The molecule has 0 bridgehead atoms. The van der Waals surface area contributed by atoms with E-state index in [0.717, 1.165) is 10.6 Å². The van der Waals surface area contributed by atoms with E-state index in [1.54, 1.807) is 34.9 Å². The Labute approximate surface area is 238 Å². The van der Waals surface area contributed by atoms with Crippen molar-refractivity contribution < 1.29 is 9.59 Å². The highest BCUT2D eigenvalue weighted by Gasteiger charge is 2.19. The van der Waals surface area contributed by atoms with E-state index in [-0.39, 0.29) is 29.5 Å². The maximum Gasteiger partial charge on any atom is 0.251 e. The summed E-state index contributed by atoms with van der Waals surface area (Å²) in [7, 11) is 0. The minimum Gasteiger partial charge on any atom is -0.345 e. The van der Waals surface area contributed by atoms with Crippen LogP contribution in [0.25, 0.3) is 5.69 Å². The number of anilines is 1. The summed E-state index contributed by atoms with van der Waals surface area (Å²) in [6.07, 6.45) is 0. The molecular weight excluding hydrogens is 565 g/mol. The number of nitrogens with one attached hydrogen (secondary N) is 2. The summed E-state index contributed by atoms with van der Waals surface area (Å²) in [5.74, 6) is 0.0223. The van der Waals surface area contributed by atoms with E-state index in [2.05, 4.69) is 51.8 Å². The highest BCUT2D eigenvalue weighted by atomic mass is 35.5. The van der Waals surface area contributed by atoms with Crippen LogP contribution < -0.4 is 10.6 Å². The summed E-state index contributed by atoms with van der Waals surface area (Å²) in [5.41, 5.74) is 2.31. The number of thioether (sulfide) groups is 1. The summed E-state index contributed by atoms with van der Waals surface area (Å²) < 4.78 is 1.73. The van der Waals surface area contributed by atoms with E-state index >= 15 is 0 Å². The molecule has 13 heteroatoms. The smallest absolute Gasteiger partial charge is 0.251 e. The van der Waals surface area contributed by atoms with Crippen LogP contribution in [-0.2, 0) is 16.8 Å². The molecule has 0 unspecified atom stereocenters. The van der Waals surface area contributed by atoms with Gasteiger partial charge in [-0.3, -0.25) is 19.5 Å². The average molecular weight is 591 g/mol. The number of halogens is 2. The summed E-state index contributed by atoms with van der Waals surface area (Å²) in [5, 5.41) is 24.3. The van der Waals surface area contributed by atoms with Crippen molar-refractivity contribution in [3.05, 3.63) is 74.5 Å². The topological polar surface area (TPSA) is 115 Å². The molecule has 2 amide bonds. The molecule has 198 valence electrons. The number of aromatic nitrogens is 5. The largest absolute Gasteiger partial charge is 0.345 e. The Kier molecular flexibility index (Phi) is 8.71. The average Bonchev–Trinajstić information content (AvgIpc) is 3.47. The van der Waals surface area contributed by atoms with Gasteiger partial charge in [-0.05, 0) is 48.2 Å². The number of hydrogen-bond acceptors (Lipinski definition) is 8. The molecule has 0 atom stereocenters. The number of benzene rings is 2. The Hall–Kier alpha value is -2.99. The number of amides is 2. The molecule has 9 nitrogen and oxygen atoms in total. The van der Waals surface area contributed by atoms with Crippen molar-refractivity contribution in [2.75, 3.05) is 11.1 Å². The van der Waals surface area contributed by atoms with Crippen molar-refractivity contribution >= 4 is 63.2 Å². The van der Waals surface area contributed by atoms with Crippen molar-refractivity contribution in [2.45, 2.75) is 44.8 Å². The number of hydrogen-bond donors (Lipinski definition) is 2. The molecule has 0 fully saturated rings. The van der Waals surface area contributed by atoms with Gasteiger partial charge in [0.15, 0.2) is 11.0 Å². The van der Waals surface area contributed by atoms with Gasteiger partial charge in [0, 0.05) is 5.56 Å². The third-order valence-electron chi connectivity index (χ3n) is 5.39. The van der Waals surface area contributed by atoms with Crippen molar-refractivity contribution in [3.8, 4) is 5.69 Å². The van der Waals surface area contributed by atoms with Crippen LogP contribution in [-0.4, -0.2) is 42.5 Å². The van der Waals surface area contributed by atoms with Gasteiger partial charge in [-0.25, -0.2) is 0 Å². The molecule has 0 aliphatic carbocycles. The molecule has 0 aliphatic rings. The molecule has 4 rings (SSSR count). The van der Waals surface area contributed by atoms with E-state index < -0.39 is 0 Å². The molecular formula is C25H25Cl2N7O2S2. The highest BCUT2D eigenvalue weighted by Crippen LogP contribution is 2.28. The van der Waals surface area contributed by atoms with Gasteiger partial charge in [-0.2, -0.15) is 0 Å². The summed E-state index contributed by atoms with van der Waals surface area (Å²) in [6, 6.07) is 12.6. The normalized spacial score (nSPS) is 11.4. The number of aryl methyl sites for hydroxylation is 1. The Balaban J connectivity index is 1.51. The van der Waals surface area contributed by atoms with Crippen LogP contribution in [0.4, 0.5) is 5.13 Å². The van der Waals surface area contributed by atoms with Gasteiger partial charge < -0.3 is 5.32 Å². The number of rotatable bonds is 8. The maximum atomic E-state index is 12.8. The van der Waals surface area contributed by atoms with Gasteiger partial charge in [0.2, 0.25) is 11.0 Å². The maximum absolute atomic E-state index is 12.8. The minimum absolute atomic E-state index is 0.00757. The second kappa shape index (κ2) is 11.8. The van der Waals surface area contributed by atoms with Crippen LogP contribution in [0.2, 0.25) is 10.0 Å². The van der Waals surface area contributed by atoms with Crippen molar-refractivity contribution in [2.24, 2.45) is 0 Å². The lowest BCUT2D eigenvalue weighted by Gasteiger charge is -2.19. The third kappa shape index (κ3) is 6.90. The second-order valence-electron chi connectivity index (χ2n) is 9.31. The molecule has 2 N–H and O–H groups in total.